The van der Waals surface area contributed by atoms with E-state index in [0.717, 1.165) is 16.7 Å². The highest BCUT2D eigenvalue weighted by Gasteiger charge is 2.15. The van der Waals surface area contributed by atoms with Crippen LogP contribution in [0.2, 0.25) is 0 Å². The van der Waals surface area contributed by atoms with Gasteiger partial charge in [0.15, 0.2) is 0 Å². The van der Waals surface area contributed by atoms with Crippen LogP contribution in [-0.4, -0.2) is 8.42 Å². The molecule has 0 aliphatic heterocycles. The first kappa shape index (κ1) is 14.6. The molecule has 0 spiro atoms. The van der Waals surface area contributed by atoms with Crippen LogP contribution < -0.4 is 10.5 Å². The van der Waals surface area contributed by atoms with Gasteiger partial charge in [-0.15, -0.1) is 0 Å². The second-order valence-electron chi connectivity index (χ2n) is 4.83. The maximum Gasteiger partial charge on any atom is 0.261 e. The van der Waals surface area contributed by atoms with Gasteiger partial charge in [0.05, 0.1) is 4.90 Å². The van der Waals surface area contributed by atoms with Crippen LogP contribution in [0.5, 0.6) is 0 Å². The Bertz CT molecular complexity index is 704. The normalized spacial score (nSPS) is 11.3. The zero-order valence-corrected chi connectivity index (χ0v) is 12.4. The molecule has 4 nitrogen and oxygen atoms in total. The summed E-state index contributed by atoms with van der Waals surface area (Å²) < 4.78 is 27.3. The Balaban J connectivity index is 2.35. The number of nitrogens with two attached hydrogens (primary N) is 1. The van der Waals surface area contributed by atoms with E-state index < -0.39 is 10.0 Å². The summed E-state index contributed by atoms with van der Waals surface area (Å²) in [6.45, 7) is 4.13. The highest BCUT2D eigenvalue weighted by Crippen LogP contribution is 2.19. The van der Waals surface area contributed by atoms with Crippen LogP contribution in [0.15, 0.2) is 47.4 Å². The molecule has 2 aromatic carbocycles. The number of aryl methyl sites for hydroxylation is 2. The molecule has 0 saturated carbocycles. The van der Waals surface area contributed by atoms with Crippen LogP contribution >= 0.6 is 0 Å². The van der Waals surface area contributed by atoms with Crippen molar-refractivity contribution in [3.05, 3.63) is 59.2 Å². The summed E-state index contributed by atoms with van der Waals surface area (Å²) in [5.74, 6) is 0. The second kappa shape index (κ2) is 5.64. The standard InChI is InChI=1S/C15H18N2O2S/c1-11-6-12(2)8-15(7-11)20(18,19)17-14-5-3-4-13(9-14)10-16/h3-9,17H,10,16H2,1-2H3. The first-order chi connectivity index (χ1) is 9.40. The fraction of sp³-hybridized carbons (Fsp3) is 0.200. The van der Waals surface area contributed by atoms with Crippen LogP contribution in [0.1, 0.15) is 16.7 Å². The molecule has 2 aromatic rings. The molecule has 0 amide bonds. The first-order valence-corrected chi connectivity index (χ1v) is 7.79. The summed E-state index contributed by atoms with van der Waals surface area (Å²) in [6, 6.07) is 12.3. The van der Waals surface area contributed by atoms with Crippen molar-refractivity contribution in [1.82, 2.24) is 0 Å². The van der Waals surface area contributed by atoms with Gasteiger partial charge in [-0.2, -0.15) is 0 Å². The van der Waals surface area contributed by atoms with Crippen molar-refractivity contribution in [3.8, 4) is 0 Å². The molecule has 0 aliphatic carbocycles. The van der Waals surface area contributed by atoms with Crippen molar-refractivity contribution in [2.75, 3.05) is 4.72 Å². The average Bonchev–Trinajstić information content (AvgIpc) is 2.37. The minimum atomic E-state index is -3.57. The van der Waals surface area contributed by atoms with Crippen molar-refractivity contribution in [2.45, 2.75) is 25.3 Å². The third-order valence-electron chi connectivity index (χ3n) is 2.92. The van der Waals surface area contributed by atoms with Gasteiger partial charge in [-0.3, -0.25) is 4.72 Å². The predicted octanol–water partition coefficient (Wildman–Crippen LogP) is 2.56. The molecular formula is C15H18N2O2S. The Hall–Kier alpha value is -1.85. The number of nitrogens with one attached hydrogen (secondary N) is 1. The zero-order chi connectivity index (χ0) is 14.8. The fourth-order valence-electron chi connectivity index (χ4n) is 2.06. The van der Waals surface area contributed by atoms with Gasteiger partial charge in [-0.1, -0.05) is 18.2 Å². The predicted molar refractivity (Wildman–Crippen MR) is 81.1 cm³/mol. The number of rotatable bonds is 4. The molecule has 2 rings (SSSR count). The van der Waals surface area contributed by atoms with Crippen molar-refractivity contribution < 1.29 is 8.42 Å². The Morgan fingerprint density at radius 2 is 1.70 bits per heavy atom. The van der Waals surface area contributed by atoms with Crippen LogP contribution in [0, 0.1) is 13.8 Å². The molecule has 20 heavy (non-hydrogen) atoms. The molecule has 0 saturated heterocycles. The van der Waals surface area contributed by atoms with Gasteiger partial charge >= 0.3 is 0 Å². The van der Waals surface area contributed by atoms with Gasteiger partial charge in [0, 0.05) is 12.2 Å². The third-order valence-corrected chi connectivity index (χ3v) is 4.28. The molecule has 0 aromatic heterocycles. The largest absolute Gasteiger partial charge is 0.326 e. The lowest BCUT2D eigenvalue weighted by Gasteiger charge is -2.10. The maximum atomic E-state index is 12.4. The molecule has 5 heteroatoms. The van der Waals surface area contributed by atoms with Crippen molar-refractivity contribution in [3.63, 3.8) is 0 Å². The number of hydrogen-bond donors (Lipinski definition) is 2. The quantitative estimate of drug-likeness (QED) is 0.909. The smallest absolute Gasteiger partial charge is 0.261 e. The van der Waals surface area contributed by atoms with E-state index in [1.807, 2.05) is 26.0 Å². The van der Waals surface area contributed by atoms with Crippen LogP contribution in [0.3, 0.4) is 0 Å². The SMILES string of the molecule is Cc1cc(C)cc(S(=O)(=O)Nc2cccc(CN)c2)c1. The summed E-state index contributed by atoms with van der Waals surface area (Å²) >= 11 is 0. The van der Waals surface area contributed by atoms with E-state index in [2.05, 4.69) is 4.72 Å². The minimum Gasteiger partial charge on any atom is -0.326 e. The van der Waals surface area contributed by atoms with Gasteiger partial charge < -0.3 is 5.73 Å². The minimum absolute atomic E-state index is 0.271. The maximum absolute atomic E-state index is 12.4. The van der Waals surface area contributed by atoms with Gasteiger partial charge in [-0.05, 0) is 54.8 Å². The molecule has 0 unspecified atom stereocenters. The van der Waals surface area contributed by atoms with E-state index in [0.29, 0.717) is 12.2 Å². The van der Waals surface area contributed by atoms with E-state index in [9.17, 15) is 8.42 Å². The van der Waals surface area contributed by atoms with Crippen molar-refractivity contribution in [1.29, 1.82) is 0 Å². The van der Waals surface area contributed by atoms with Gasteiger partial charge in [0.25, 0.3) is 10.0 Å². The summed E-state index contributed by atoms with van der Waals surface area (Å²) in [4.78, 5) is 0.271. The lowest BCUT2D eigenvalue weighted by atomic mass is 10.2. The summed E-state index contributed by atoms with van der Waals surface area (Å²) in [5, 5.41) is 0. The molecule has 0 bridgehead atoms. The molecule has 0 atom stereocenters. The summed E-state index contributed by atoms with van der Waals surface area (Å²) in [7, 11) is -3.57. The highest BCUT2D eigenvalue weighted by molar-refractivity contribution is 7.92. The number of sulfonamides is 1. The molecule has 106 valence electrons. The third kappa shape index (κ3) is 3.37. The monoisotopic (exact) mass is 290 g/mol. The molecular weight excluding hydrogens is 272 g/mol. The van der Waals surface area contributed by atoms with Crippen LogP contribution in [0.4, 0.5) is 5.69 Å². The number of benzene rings is 2. The fourth-order valence-corrected chi connectivity index (χ4v) is 3.30. The Morgan fingerprint density at radius 3 is 2.30 bits per heavy atom. The average molecular weight is 290 g/mol. The van der Waals surface area contributed by atoms with Gasteiger partial charge in [0.2, 0.25) is 0 Å². The van der Waals surface area contributed by atoms with E-state index in [4.69, 9.17) is 5.73 Å². The highest BCUT2D eigenvalue weighted by atomic mass is 32.2. The van der Waals surface area contributed by atoms with Gasteiger partial charge in [0.1, 0.15) is 0 Å². The van der Waals surface area contributed by atoms with E-state index in [1.165, 1.54) is 0 Å². The zero-order valence-electron chi connectivity index (χ0n) is 11.6. The van der Waals surface area contributed by atoms with E-state index in [1.54, 1.807) is 30.3 Å². The lowest BCUT2D eigenvalue weighted by molar-refractivity contribution is 0.601. The van der Waals surface area contributed by atoms with Gasteiger partial charge in [-0.25, -0.2) is 8.42 Å². The molecule has 0 fully saturated rings. The van der Waals surface area contributed by atoms with Crippen molar-refractivity contribution in [2.24, 2.45) is 5.73 Å². The lowest BCUT2D eigenvalue weighted by Crippen LogP contribution is -2.13. The Morgan fingerprint density at radius 1 is 1.05 bits per heavy atom. The van der Waals surface area contributed by atoms with E-state index >= 15 is 0 Å². The van der Waals surface area contributed by atoms with Crippen LogP contribution in [-0.2, 0) is 16.6 Å². The van der Waals surface area contributed by atoms with Crippen LogP contribution in [0.25, 0.3) is 0 Å². The Kier molecular flexibility index (Phi) is 4.11. The first-order valence-electron chi connectivity index (χ1n) is 6.31. The molecule has 0 aliphatic rings. The number of anilines is 1. The summed E-state index contributed by atoms with van der Waals surface area (Å²) in [6.07, 6.45) is 0. The summed E-state index contributed by atoms with van der Waals surface area (Å²) in [5.41, 5.74) is 8.79. The Labute approximate surface area is 119 Å². The topological polar surface area (TPSA) is 72.2 Å². The number of hydrogen-bond acceptors (Lipinski definition) is 3. The van der Waals surface area contributed by atoms with E-state index in [-0.39, 0.29) is 4.90 Å². The molecule has 3 N–H and O–H groups in total. The second-order valence-corrected chi connectivity index (χ2v) is 6.52. The molecule has 0 heterocycles. The molecule has 0 radical (unpaired) electrons. The van der Waals surface area contributed by atoms with Crippen molar-refractivity contribution >= 4 is 15.7 Å².